The van der Waals surface area contributed by atoms with Gasteiger partial charge in [0.25, 0.3) is 0 Å². The Morgan fingerprint density at radius 1 is 1.19 bits per heavy atom. The normalized spacial score (nSPS) is 13.0. The average molecular weight is 414 g/mol. The summed E-state index contributed by atoms with van der Waals surface area (Å²) in [5.41, 5.74) is 2.73. The second-order valence-corrected chi connectivity index (χ2v) is 9.07. The molecule has 0 spiro atoms. The summed E-state index contributed by atoms with van der Waals surface area (Å²) in [6, 6.07) is 7.50. The number of benzene rings is 2. The van der Waals surface area contributed by atoms with Crippen molar-refractivity contribution in [3.63, 3.8) is 0 Å². The maximum atomic E-state index is 13.9. The lowest BCUT2D eigenvalue weighted by Crippen LogP contribution is -2.29. The third-order valence-electron chi connectivity index (χ3n) is 4.46. The molecule has 27 heavy (non-hydrogen) atoms. The molecule has 1 N–H and O–H groups in total. The third-order valence-corrected chi connectivity index (χ3v) is 6.19. The molecule has 7 heteroatoms. The highest BCUT2D eigenvalue weighted by Gasteiger charge is 2.22. The van der Waals surface area contributed by atoms with Crippen LogP contribution in [-0.2, 0) is 15.8 Å². The van der Waals surface area contributed by atoms with Gasteiger partial charge in [0.15, 0.2) is 0 Å². The highest BCUT2D eigenvalue weighted by Crippen LogP contribution is 2.32. The quantitative estimate of drug-likeness (QED) is 0.686. The standard InChI is InChI=1S/C20H25ClFNO3S/c1-12(2)15-10-16(13(3)9-20(15)26-5)14(4)23-27(24,25)11-17-18(21)7-6-8-19(17)22/h6-10,12,14,23H,11H2,1-5H3/t14-/m1/s1. The van der Waals surface area contributed by atoms with E-state index in [-0.39, 0.29) is 16.5 Å². The van der Waals surface area contributed by atoms with Crippen LogP contribution in [0.2, 0.25) is 5.02 Å². The molecule has 0 saturated heterocycles. The fourth-order valence-corrected chi connectivity index (χ4v) is 4.78. The number of hydrogen-bond donors (Lipinski definition) is 1. The average Bonchev–Trinajstić information content (AvgIpc) is 2.57. The van der Waals surface area contributed by atoms with Crippen LogP contribution in [0, 0.1) is 12.7 Å². The molecule has 0 aliphatic carbocycles. The molecule has 0 bridgehead atoms. The number of halogens is 2. The number of nitrogens with one attached hydrogen (secondary N) is 1. The van der Waals surface area contributed by atoms with E-state index in [9.17, 15) is 12.8 Å². The Bertz CT molecular complexity index is 909. The SMILES string of the molecule is COc1cc(C)c([C@@H](C)NS(=O)(=O)Cc2c(F)cccc2Cl)cc1C(C)C. The topological polar surface area (TPSA) is 55.4 Å². The van der Waals surface area contributed by atoms with Crippen molar-refractivity contribution in [1.29, 1.82) is 0 Å². The lowest BCUT2D eigenvalue weighted by Gasteiger charge is -2.21. The first-order chi connectivity index (χ1) is 12.6. The van der Waals surface area contributed by atoms with Gasteiger partial charge in [-0.15, -0.1) is 0 Å². The number of sulfonamides is 1. The van der Waals surface area contributed by atoms with E-state index in [2.05, 4.69) is 4.72 Å². The smallest absolute Gasteiger partial charge is 0.216 e. The minimum Gasteiger partial charge on any atom is -0.496 e. The Morgan fingerprint density at radius 3 is 2.41 bits per heavy atom. The molecule has 0 aliphatic heterocycles. The first kappa shape index (κ1) is 21.7. The van der Waals surface area contributed by atoms with E-state index in [0.717, 1.165) is 22.4 Å². The third kappa shape index (κ3) is 5.21. The van der Waals surface area contributed by atoms with Crippen LogP contribution in [0.5, 0.6) is 5.75 Å². The van der Waals surface area contributed by atoms with Crippen molar-refractivity contribution in [2.24, 2.45) is 0 Å². The van der Waals surface area contributed by atoms with Crippen LogP contribution in [0.1, 0.15) is 55.0 Å². The van der Waals surface area contributed by atoms with Crippen molar-refractivity contribution in [3.8, 4) is 5.75 Å². The highest BCUT2D eigenvalue weighted by atomic mass is 35.5. The number of rotatable bonds is 7. The Kier molecular flexibility index (Phi) is 6.89. The molecule has 2 aromatic carbocycles. The van der Waals surface area contributed by atoms with E-state index in [1.807, 2.05) is 32.9 Å². The molecule has 0 aliphatic rings. The van der Waals surface area contributed by atoms with Crippen molar-refractivity contribution in [2.75, 3.05) is 7.11 Å². The van der Waals surface area contributed by atoms with Crippen LogP contribution in [0.15, 0.2) is 30.3 Å². The van der Waals surface area contributed by atoms with Gasteiger partial charge >= 0.3 is 0 Å². The Morgan fingerprint density at radius 2 is 1.85 bits per heavy atom. The molecule has 148 valence electrons. The van der Waals surface area contributed by atoms with Crippen LogP contribution >= 0.6 is 11.6 Å². The van der Waals surface area contributed by atoms with Gasteiger partial charge in [-0.2, -0.15) is 0 Å². The molecule has 1 atom stereocenters. The van der Waals surface area contributed by atoms with Gasteiger partial charge in [0, 0.05) is 16.6 Å². The summed E-state index contributed by atoms with van der Waals surface area (Å²) in [6.45, 7) is 7.76. The molecule has 2 aromatic rings. The molecule has 2 rings (SSSR count). The van der Waals surface area contributed by atoms with Crippen LogP contribution in [0.4, 0.5) is 4.39 Å². The Hall–Kier alpha value is -1.63. The van der Waals surface area contributed by atoms with Crippen LogP contribution in [0.25, 0.3) is 0 Å². The van der Waals surface area contributed by atoms with E-state index >= 15 is 0 Å². The van der Waals surface area contributed by atoms with E-state index in [4.69, 9.17) is 16.3 Å². The van der Waals surface area contributed by atoms with Crippen molar-refractivity contribution in [2.45, 2.75) is 45.4 Å². The summed E-state index contributed by atoms with van der Waals surface area (Å²) in [5, 5.41) is 0.0933. The molecular weight excluding hydrogens is 389 g/mol. The lowest BCUT2D eigenvalue weighted by atomic mass is 9.94. The van der Waals surface area contributed by atoms with Gasteiger partial charge in [-0.1, -0.05) is 31.5 Å². The molecule has 0 heterocycles. The fourth-order valence-electron chi connectivity index (χ4n) is 3.05. The second kappa shape index (κ2) is 8.59. The number of hydrogen-bond acceptors (Lipinski definition) is 3. The van der Waals surface area contributed by atoms with E-state index in [1.165, 1.54) is 18.2 Å². The summed E-state index contributed by atoms with van der Waals surface area (Å²) in [7, 11) is -2.18. The first-order valence-electron chi connectivity index (χ1n) is 8.67. The minimum absolute atomic E-state index is 0.0341. The summed E-state index contributed by atoms with van der Waals surface area (Å²) < 4.78 is 47.2. The summed E-state index contributed by atoms with van der Waals surface area (Å²) in [6.07, 6.45) is 0. The number of methoxy groups -OCH3 is 1. The van der Waals surface area contributed by atoms with E-state index < -0.39 is 27.6 Å². The van der Waals surface area contributed by atoms with Gasteiger partial charge in [-0.3, -0.25) is 0 Å². The van der Waals surface area contributed by atoms with Crippen molar-refractivity contribution >= 4 is 21.6 Å². The zero-order valence-corrected chi connectivity index (χ0v) is 17.7. The molecule has 0 radical (unpaired) electrons. The zero-order chi connectivity index (χ0) is 20.4. The Labute approximate surface area is 165 Å². The highest BCUT2D eigenvalue weighted by molar-refractivity contribution is 7.88. The Balaban J connectivity index is 2.30. The van der Waals surface area contributed by atoms with Crippen molar-refractivity contribution in [1.82, 2.24) is 4.72 Å². The van der Waals surface area contributed by atoms with E-state index in [1.54, 1.807) is 14.0 Å². The molecule has 4 nitrogen and oxygen atoms in total. The summed E-state index contributed by atoms with van der Waals surface area (Å²) >= 11 is 5.96. The van der Waals surface area contributed by atoms with Gasteiger partial charge in [0.1, 0.15) is 11.6 Å². The summed E-state index contributed by atoms with van der Waals surface area (Å²) in [5.74, 6) is -0.155. The van der Waals surface area contributed by atoms with Gasteiger partial charge in [-0.05, 0) is 60.7 Å². The molecule has 0 aromatic heterocycles. The van der Waals surface area contributed by atoms with Crippen molar-refractivity contribution < 1.29 is 17.5 Å². The zero-order valence-electron chi connectivity index (χ0n) is 16.1. The van der Waals surface area contributed by atoms with Crippen LogP contribution in [-0.4, -0.2) is 15.5 Å². The number of aryl methyl sites for hydroxylation is 1. The van der Waals surface area contributed by atoms with E-state index in [0.29, 0.717) is 0 Å². The molecular formula is C20H25ClFNO3S. The van der Waals surface area contributed by atoms with Gasteiger partial charge in [0.2, 0.25) is 10.0 Å². The van der Waals surface area contributed by atoms with Gasteiger partial charge < -0.3 is 4.74 Å². The predicted molar refractivity (Wildman–Crippen MR) is 107 cm³/mol. The van der Waals surface area contributed by atoms with Crippen molar-refractivity contribution in [3.05, 3.63) is 63.4 Å². The molecule has 0 fully saturated rings. The second-order valence-electron chi connectivity index (χ2n) is 6.90. The monoisotopic (exact) mass is 413 g/mol. The van der Waals surface area contributed by atoms with Crippen LogP contribution in [0.3, 0.4) is 0 Å². The lowest BCUT2D eigenvalue weighted by molar-refractivity contribution is 0.406. The maximum absolute atomic E-state index is 13.9. The fraction of sp³-hybridized carbons (Fsp3) is 0.400. The summed E-state index contributed by atoms with van der Waals surface area (Å²) in [4.78, 5) is 0. The maximum Gasteiger partial charge on any atom is 0.216 e. The van der Waals surface area contributed by atoms with Gasteiger partial charge in [-0.25, -0.2) is 17.5 Å². The van der Waals surface area contributed by atoms with Gasteiger partial charge in [0.05, 0.1) is 12.9 Å². The molecule has 0 unspecified atom stereocenters. The number of ether oxygens (including phenoxy) is 1. The minimum atomic E-state index is -3.80. The largest absolute Gasteiger partial charge is 0.496 e. The first-order valence-corrected chi connectivity index (χ1v) is 10.7. The molecule has 0 amide bonds. The molecule has 0 saturated carbocycles. The van der Waals surface area contributed by atoms with Crippen LogP contribution < -0.4 is 9.46 Å². The predicted octanol–water partition coefficient (Wildman–Crippen LogP) is 5.10.